The fourth-order valence-corrected chi connectivity index (χ4v) is 4.10. The molecule has 0 aliphatic carbocycles. The molecule has 2 heterocycles. The van der Waals surface area contributed by atoms with E-state index in [2.05, 4.69) is 15.7 Å². The van der Waals surface area contributed by atoms with Crippen molar-refractivity contribution in [2.24, 2.45) is 0 Å². The number of hydrogen-bond acceptors (Lipinski definition) is 5. The third-order valence-corrected chi connectivity index (χ3v) is 5.20. The first-order valence-corrected chi connectivity index (χ1v) is 9.69. The molecule has 9 heteroatoms. The molecule has 132 valence electrons. The largest absolute Gasteiger partial charge is 0.348 e. The Kier molecular flexibility index (Phi) is 4.58. The van der Waals surface area contributed by atoms with Gasteiger partial charge in [-0.3, -0.25) is 9.59 Å². The molecule has 0 fully saturated rings. The molecule has 2 N–H and O–H groups in total. The molecular formula is C16H18N4O4S. The molecule has 2 amide bonds. The number of sulfone groups is 1. The lowest BCUT2D eigenvalue weighted by atomic mass is 10.2. The van der Waals surface area contributed by atoms with Gasteiger partial charge in [0, 0.05) is 12.1 Å². The van der Waals surface area contributed by atoms with Crippen molar-refractivity contribution in [2.45, 2.75) is 24.9 Å². The minimum atomic E-state index is -3.28. The van der Waals surface area contributed by atoms with Gasteiger partial charge in [-0.15, -0.1) is 0 Å². The molecule has 0 atom stereocenters. The fraction of sp³-hybridized carbons (Fsp3) is 0.312. The van der Waals surface area contributed by atoms with Gasteiger partial charge in [-0.05, 0) is 18.6 Å². The standard InChI is InChI=1S/C16H18N4O4S/c1-2-8-17-15(21)16(22)18-14-12-9-25(23,24)10-13(12)19-20(14)11-6-4-3-5-7-11/h3-7H,2,8-10H2,1H3,(H,17,21)(H,18,22). The summed E-state index contributed by atoms with van der Waals surface area (Å²) < 4.78 is 25.2. The lowest BCUT2D eigenvalue weighted by Crippen LogP contribution is -2.36. The van der Waals surface area contributed by atoms with E-state index in [1.165, 1.54) is 4.68 Å². The van der Waals surface area contributed by atoms with Gasteiger partial charge in [-0.25, -0.2) is 13.1 Å². The zero-order chi connectivity index (χ0) is 18.0. The molecule has 0 bridgehead atoms. The highest BCUT2D eigenvalue weighted by atomic mass is 32.2. The number of nitrogens with zero attached hydrogens (tertiary/aromatic N) is 2. The molecule has 2 aromatic rings. The number of aromatic nitrogens is 2. The summed E-state index contributed by atoms with van der Waals surface area (Å²) in [4.78, 5) is 24.0. The molecule has 0 radical (unpaired) electrons. The second-order valence-corrected chi connectivity index (χ2v) is 7.83. The molecule has 0 saturated carbocycles. The number of benzene rings is 1. The summed E-state index contributed by atoms with van der Waals surface area (Å²) in [6.07, 6.45) is 0.703. The molecule has 0 spiro atoms. The fourth-order valence-electron chi connectivity index (χ4n) is 2.61. The first kappa shape index (κ1) is 17.2. The first-order chi connectivity index (χ1) is 11.9. The second-order valence-electron chi connectivity index (χ2n) is 5.76. The van der Waals surface area contributed by atoms with Crippen LogP contribution in [0.2, 0.25) is 0 Å². The molecule has 8 nitrogen and oxygen atoms in total. The Labute approximate surface area is 145 Å². The van der Waals surface area contributed by atoms with Crippen molar-refractivity contribution in [3.63, 3.8) is 0 Å². The second kappa shape index (κ2) is 6.67. The van der Waals surface area contributed by atoms with E-state index in [0.717, 1.165) is 0 Å². The monoisotopic (exact) mass is 362 g/mol. The predicted octanol–water partition coefficient (Wildman–Crippen LogP) is 0.765. The maximum absolute atomic E-state index is 12.1. The van der Waals surface area contributed by atoms with Gasteiger partial charge in [-0.1, -0.05) is 25.1 Å². The number of para-hydroxylation sites is 1. The lowest BCUT2D eigenvalue weighted by Gasteiger charge is -2.11. The van der Waals surface area contributed by atoms with Crippen LogP contribution in [0.5, 0.6) is 0 Å². The first-order valence-electron chi connectivity index (χ1n) is 7.87. The molecule has 0 saturated heterocycles. The Morgan fingerprint density at radius 1 is 1.16 bits per heavy atom. The third-order valence-electron chi connectivity index (χ3n) is 3.76. The highest BCUT2D eigenvalue weighted by molar-refractivity contribution is 7.90. The van der Waals surface area contributed by atoms with Gasteiger partial charge in [0.1, 0.15) is 5.82 Å². The zero-order valence-electron chi connectivity index (χ0n) is 13.7. The number of nitrogens with one attached hydrogen (secondary N) is 2. The summed E-state index contributed by atoms with van der Waals surface area (Å²) in [7, 11) is -3.28. The van der Waals surface area contributed by atoms with E-state index in [0.29, 0.717) is 29.9 Å². The number of carbonyl (C=O) groups excluding carboxylic acids is 2. The van der Waals surface area contributed by atoms with E-state index >= 15 is 0 Å². The van der Waals surface area contributed by atoms with E-state index < -0.39 is 21.7 Å². The highest BCUT2D eigenvalue weighted by Gasteiger charge is 2.33. The molecule has 1 aromatic carbocycles. The smallest absolute Gasteiger partial charge is 0.314 e. The summed E-state index contributed by atoms with van der Waals surface area (Å²) in [5.41, 5.74) is 1.49. The summed E-state index contributed by atoms with van der Waals surface area (Å²) in [5.74, 6) is -1.78. The summed E-state index contributed by atoms with van der Waals surface area (Å²) >= 11 is 0. The van der Waals surface area contributed by atoms with Crippen LogP contribution in [0.3, 0.4) is 0 Å². The Morgan fingerprint density at radius 2 is 1.88 bits per heavy atom. The predicted molar refractivity (Wildman–Crippen MR) is 91.8 cm³/mol. The number of hydrogen-bond donors (Lipinski definition) is 2. The minimum absolute atomic E-state index is 0.174. The Morgan fingerprint density at radius 3 is 2.56 bits per heavy atom. The molecule has 1 aliphatic rings. The van der Waals surface area contributed by atoms with Crippen molar-refractivity contribution in [3.8, 4) is 5.69 Å². The van der Waals surface area contributed by atoms with Crippen molar-refractivity contribution in [2.75, 3.05) is 11.9 Å². The van der Waals surface area contributed by atoms with Gasteiger partial charge in [0.15, 0.2) is 9.84 Å². The van der Waals surface area contributed by atoms with Crippen LogP contribution in [0.15, 0.2) is 30.3 Å². The number of fused-ring (bicyclic) bond motifs is 1. The van der Waals surface area contributed by atoms with Crippen molar-refractivity contribution in [1.82, 2.24) is 15.1 Å². The Bertz CT molecular complexity index is 919. The number of amides is 2. The topological polar surface area (TPSA) is 110 Å². The van der Waals surface area contributed by atoms with Crippen LogP contribution in [0, 0.1) is 0 Å². The molecule has 0 unspecified atom stereocenters. The summed E-state index contributed by atoms with van der Waals surface area (Å²) in [6, 6.07) is 9.01. The summed E-state index contributed by atoms with van der Waals surface area (Å²) in [5, 5.41) is 9.33. The number of anilines is 1. The molecule has 25 heavy (non-hydrogen) atoms. The van der Waals surface area contributed by atoms with Crippen LogP contribution >= 0.6 is 0 Å². The van der Waals surface area contributed by atoms with Crippen LogP contribution in [-0.4, -0.2) is 36.6 Å². The Balaban J connectivity index is 1.97. The summed E-state index contributed by atoms with van der Waals surface area (Å²) in [6.45, 7) is 2.26. The average molecular weight is 362 g/mol. The third kappa shape index (κ3) is 3.55. The van der Waals surface area contributed by atoms with Crippen LogP contribution in [0.1, 0.15) is 24.6 Å². The van der Waals surface area contributed by atoms with Gasteiger partial charge in [-0.2, -0.15) is 5.10 Å². The molecule has 1 aromatic heterocycles. The van der Waals surface area contributed by atoms with Gasteiger partial charge in [0.2, 0.25) is 0 Å². The lowest BCUT2D eigenvalue weighted by molar-refractivity contribution is -0.136. The average Bonchev–Trinajstić information content (AvgIpc) is 3.06. The SMILES string of the molecule is CCCNC(=O)C(=O)Nc1c2c(nn1-c1ccccc1)CS(=O)(=O)C2. The van der Waals surface area contributed by atoms with Crippen molar-refractivity contribution in [1.29, 1.82) is 0 Å². The van der Waals surface area contributed by atoms with Crippen molar-refractivity contribution >= 4 is 27.5 Å². The number of carbonyl (C=O) groups is 2. The van der Waals surface area contributed by atoms with Gasteiger partial charge in [0.25, 0.3) is 0 Å². The van der Waals surface area contributed by atoms with Crippen LogP contribution in [0.25, 0.3) is 5.69 Å². The van der Waals surface area contributed by atoms with Crippen LogP contribution in [0.4, 0.5) is 5.82 Å². The molecule has 1 aliphatic heterocycles. The van der Waals surface area contributed by atoms with Crippen LogP contribution in [-0.2, 0) is 30.9 Å². The van der Waals surface area contributed by atoms with Crippen molar-refractivity contribution < 1.29 is 18.0 Å². The van der Waals surface area contributed by atoms with Crippen LogP contribution < -0.4 is 10.6 Å². The maximum atomic E-state index is 12.1. The normalized spacial score (nSPS) is 14.8. The van der Waals surface area contributed by atoms with Crippen molar-refractivity contribution in [3.05, 3.63) is 41.6 Å². The highest BCUT2D eigenvalue weighted by Crippen LogP contribution is 2.32. The van der Waals surface area contributed by atoms with E-state index in [1.54, 1.807) is 24.3 Å². The zero-order valence-corrected chi connectivity index (χ0v) is 14.5. The minimum Gasteiger partial charge on any atom is -0.348 e. The van der Waals surface area contributed by atoms with E-state index in [4.69, 9.17) is 0 Å². The van der Waals surface area contributed by atoms with E-state index in [1.807, 2.05) is 13.0 Å². The van der Waals surface area contributed by atoms with Gasteiger partial charge >= 0.3 is 11.8 Å². The molecule has 3 rings (SSSR count). The Hall–Kier alpha value is -2.68. The maximum Gasteiger partial charge on any atom is 0.314 e. The van der Waals surface area contributed by atoms with E-state index in [9.17, 15) is 18.0 Å². The van der Waals surface area contributed by atoms with Gasteiger partial charge in [0.05, 0.1) is 22.9 Å². The number of rotatable bonds is 4. The van der Waals surface area contributed by atoms with Gasteiger partial charge < -0.3 is 10.6 Å². The molecular weight excluding hydrogens is 344 g/mol. The van der Waals surface area contributed by atoms with E-state index in [-0.39, 0.29) is 17.3 Å². The quantitative estimate of drug-likeness (QED) is 0.781.